The first-order valence-corrected chi connectivity index (χ1v) is 10.5. The molecule has 0 bridgehead atoms. The summed E-state index contributed by atoms with van der Waals surface area (Å²) in [6, 6.07) is 5.84. The predicted octanol–water partition coefficient (Wildman–Crippen LogP) is 2.85. The van der Waals surface area contributed by atoms with Crippen molar-refractivity contribution >= 4 is 17.2 Å². The lowest BCUT2D eigenvalue weighted by molar-refractivity contribution is 0.0924. The second-order valence-electron chi connectivity index (χ2n) is 8.15. The molecule has 30 heavy (non-hydrogen) atoms. The fourth-order valence-corrected chi connectivity index (χ4v) is 4.05. The summed E-state index contributed by atoms with van der Waals surface area (Å²) in [5.41, 5.74) is 1.83. The normalized spacial score (nSPS) is 11.8. The molecule has 0 saturated carbocycles. The first-order valence-electron chi connectivity index (χ1n) is 9.67. The molecule has 0 aromatic carbocycles. The van der Waals surface area contributed by atoms with Gasteiger partial charge in [-0.15, -0.1) is 11.3 Å². The van der Waals surface area contributed by atoms with E-state index in [1.165, 1.54) is 0 Å². The summed E-state index contributed by atoms with van der Waals surface area (Å²) in [4.78, 5) is 25.0. The molecule has 3 aromatic rings. The van der Waals surface area contributed by atoms with E-state index in [2.05, 4.69) is 39.1 Å². The largest absolute Gasteiger partial charge is 0.378 e. The molecule has 0 aliphatic rings. The summed E-state index contributed by atoms with van der Waals surface area (Å²) in [6.07, 6.45) is 3.24. The topological polar surface area (TPSA) is 85.2 Å². The van der Waals surface area contributed by atoms with Crippen LogP contribution in [0.2, 0.25) is 0 Å². The van der Waals surface area contributed by atoms with E-state index in [1.807, 2.05) is 37.7 Å². The fraction of sp³-hybridized carbons (Fsp3) is 0.429. The number of carbonyl (C=O) groups is 1. The van der Waals surface area contributed by atoms with Gasteiger partial charge in [-0.3, -0.25) is 4.79 Å². The highest BCUT2D eigenvalue weighted by Gasteiger charge is 2.24. The Morgan fingerprint density at radius 2 is 2.13 bits per heavy atom. The van der Waals surface area contributed by atoms with Gasteiger partial charge < -0.3 is 15.0 Å². The van der Waals surface area contributed by atoms with E-state index < -0.39 is 0 Å². The van der Waals surface area contributed by atoms with Gasteiger partial charge in [0.15, 0.2) is 0 Å². The second-order valence-corrected chi connectivity index (χ2v) is 9.10. The summed E-state index contributed by atoms with van der Waals surface area (Å²) in [5.74, 6) is 0.217. The number of hydrogen-bond donors (Lipinski definition) is 1. The monoisotopic (exact) mass is 428 g/mol. The molecule has 0 aliphatic heterocycles. The van der Waals surface area contributed by atoms with Crippen molar-refractivity contribution in [1.29, 1.82) is 0 Å². The van der Waals surface area contributed by atoms with E-state index in [0.717, 1.165) is 17.1 Å². The summed E-state index contributed by atoms with van der Waals surface area (Å²) in [6.45, 7) is 5.87. The average molecular weight is 429 g/mol. The minimum absolute atomic E-state index is 0.0608. The van der Waals surface area contributed by atoms with E-state index in [0.29, 0.717) is 23.8 Å². The number of nitrogens with zero attached hydrogens (tertiary/aromatic N) is 5. The van der Waals surface area contributed by atoms with Crippen molar-refractivity contribution in [2.75, 3.05) is 34.3 Å². The van der Waals surface area contributed by atoms with Gasteiger partial charge in [-0.2, -0.15) is 9.78 Å². The molecular weight excluding hydrogens is 400 g/mol. The lowest BCUT2D eigenvalue weighted by atomic mass is 9.93. The molecule has 0 spiro atoms. The lowest BCUT2D eigenvalue weighted by Crippen LogP contribution is -2.40. The maximum absolute atomic E-state index is 12.9. The molecule has 0 atom stereocenters. The van der Waals surface area contributed by atoms with Gasteiger partial charge in [-0.25, -0.2) is 9.97 Å². The highest BCUT2D eigenvalue weighted by molar-refractivity contribution is 7.13. The molecule has 8 nitrogen and oxygen atoms in total. The molecule has 0 unspecified atom stereocenters. The van der Waals surface area contributed by atoms with Gasteiger partial charge in [-0.05, 0) is 37.0 Å². The SMILES string of the molecule is COCc1c(C(=O)NCC(C)(C)CN(C)C)cnn1-c1nccc(-c2cccs2)n1. The zero-order valence-electron chi connectivity index (χ0n) is 18.0. The fourth-order valence-electron chi connectivity index (χ4n) is 3.35. The molecule has 3 heterocycles. The van der Waals surface area contributed by atoms with Crippen LogP contribution in [0.4, 0.5) is 0 Å². The number of carbonyl (C=O) groups excluding carboxylic acids is 1. The maximum Gasteiger partial charge on any atom is 0.254 e. The molecule has 1 amide bonds. The van der Waals surface area contributed by atoms with Crippen LogP contribution >= 0.6 is 11.3 Å². The third kappa shape index (κ3) is 5.29. The van der Waals surface area contributed by atoms with Crippen molar-refractivity contribution in [3.05, 3.63) is 47.2 Å². The van der Waals surface area contributed by atoms with E-state index in [1.54, 1.807) is 35.5 Å². The molecule has 160 valence electrons. The van der Waals surface area contributed by atoms with Crippen LogP contribution in [0.25, 0.3) is 16.5 Å². The number of rotatable bonds is 9. The van der Waals surface area contributed by atoms with Gasteiger partial charge in [-0.1, -0.05) is 19.9 Å². The predicted molar refractivity (Wildman–Crippen MR) is 118 cm³/mol. The van der Waals surface area contributed by atoms with Crippen molar-refractivity contribution in [2.45, 2.75) is 20.5 Å². The number of hydrogen-bond acceptors (Lipinski definition) is 7. The second kappa shape index (κ2) is 9.46. The molecular formula is C21H28N6O2S. The van der Waals surface area contributed by atoms with Crippen LogP contribution in [-0.2, 0) is 11.3 Å². The molecule has 9 heteroatoms. The van der Waals surface area contributed by atoms with Crippen LogP contribution in [0.5, 0.6) is 0 Å². The van der Waals surface area contributed by atoms with Gasteiger partial charge in [0, 0.05) is 26.4 Å². The molecule has 3 rings (SSSR count). The van der Waals surface area contributed by atoms with Crippen LogP contribution in [0.3, 0.4) is 0 Å². The van der Waals surface area contributed by atoms with Crippen LogP contribution in [0.15, 0.2) is 36.0 Å². The van der Waals surface area contributed by atoms with Crippen molar-refractivity contribution in [3.63, 3.8) is 0 Å². The van der Waals surface area contributed by atoms with Crippen molar-refractivity contribution in [3.8, 4) is 16.5 Å². The minimum atomic E-state index is -0.186. The molecule has 0 fully saturated rings. The molecule has 0 aliphatic carbocycles. The summed E-state index contributed by atoms with van der Waals surface area (Å²) in [7, 11) is 5.63. The van der Waals surface area contributed by atoms with E-state index in [-0.39, 0.29) is 17.9 Å². The van der Waals surface area contributed by atoms with Crippen LogP contribution in [0, 0.1) is 5.41 Å². The van der Waals surface area contributed by atoms with Gasteiger partial charge in [0.2, 0.25) is 0 Å². The highest BCUT2D eigenvalue weighted by Crippen LogP contribution is 2.23. The van der Waals surface area contributed by atoms with Gasteiger partial charge in [0.1, 0.15) is 0 Å². The number of aromatic nitrogens is 4. The Bertz CT molecular complexity index is 981. The maximum atomic E-state index is 12.9. The summed E-state index contributed by atoms with van der Waals surface area (Å²) in [5, 5.41) is 9.42. The smallest absolute Gasteiger partial charge is 0.254 e. The third-order valence-corrected chi connectivity index (χ3v) is 5.36. The molecule has 0 saturated heterocycles. The lowest BCUT2D eigenvalue weighted by Gasteiger charge is -2.28. The van der Waals surface area contributed by atoms with Gasteiger partial charge >= 0.3 is 0 Å². The zero-order valence-corrected chi connectivity index (χ0v) is 18.9. The van der Waals surface area contributed by atoms with Crippen molar-refractivity contribution < 1.29 is 9.53 Å². The standard InChI is InChI=1S/C21H28N6O2S/c1-21(2,14-26(3)4)13-23-19(28)15-11-24-27(17(15)12-29-5)20-22-9-8-16(25-20)18-7-6-10-30-18/h6-11H,12-14H2,1-5H3,(H,23,28). The Hall–Kier alpha value is -2.62. The van der Waals surface area contributed by atoms with E-state index in [9.17, 15) is 4.79 Å². The van der Waals surface area contributed by atoms with Crippen LogP contribution < -0.4 is 5.32 Å². The van der Waals surface area contributed by atoms with Gasteiger partial charge in [0.05, 0.1) is 34.6 Å². The molecule has 3 aromatic heterocycles. The van der Waals surface area contributed by atoms with E-state index >= 15 is 0 Å². The van der Waals surface area contributed by atoms with Gasteiger partial charge in [0.25, 0.3) is 11.9 Å². The Morgan fingerprint density at radius 1 is 1.33 bits per heavy atom. The number of amides is 1. The molecule has 1 N–H and O–H groups in total. The Kier molecular flexibility index (Phi) is 6.96. The number of methoxy groups -OCH3 is 1. The van der Waals surface area contributed by atoms with Crippen molar-refractivity contribution in [1.82, 2.24) is 30.0 Å². The Balaban J connectivity index is 1.85. The molecule has 0 radical (unpaired) electrons. The van der Waals surface area contributed by atoms with Crippen molar-refractivity contribution in [2.24, 2.45) is 5.41 Å². The van der Waals surface area contributed by atoms with E-state index in [4.69, 9.17) is 4.74 Å². The number of ether oxygens (including phenoxy) is 1. The number of thiophene rings is 1. The summed E-state index contributed by atoms with van der Waals surface area (Å²) >= 11 is 1.61. The zero-order chi connectivity index (χ0) is 21.7. The third-order valence-electron chi connectivity index (χ3n) is 4.47. The first kappa shape index (κ1) is 22.1. The first-order chi connectivity index (χ1) is 14.3. The minimum Gasteiger partial charge on any atom is -0.378 e. The average Bonchev–Trinajstić information content (AvgIpc) is 3.36. The number of nitrogens with one attached hydrogen (secondary N) is 1. The highest BCUT2D eigenvalue weighted by atomic mass is 32.1. The summed E-state index contributed by atoms with van der Waals surface area (Å²) < 4.78 is 6.91. The quantitative estimate of drug-likeness (QED) is 0.564. The Labute approximate surface area is 180 Å². The van der Waals surface area contributed by atoms with Crippen LogP contribution in [0.1, 0.15) is 29.9 Å². The Morgan fingerprint density at radius 3 is 2.80 bits per heavy atom. The van der Waals surface area contributed by atoms with Crippen LogP contribution in [-0.4, -0.2) is 64.9 Å².